The Morgan fingerprint density at radius 1 is 1.21 bits per heavy atom. The average Bonchev–Trinajstić information content (AvgIpc) is 2.25. The molecule has 0 aliphatic carbocycles. The Morgan fingerprint density at radius 3 is 2.86 bits per heavy atom. The van der Waals surface area contributed by atoms with E-state index >= 15 is 0 Å². The summed E-state index contributed by atoms with van der Waals surface area (Å²) in [5, 5.41) is 1.11. The molecular weight excluding hydrogens is 244 g/mol. The predicted octanol–water partition coefficient (Wildman–Crippen LogP) is 3.14. The van der Waals surface area contributed by atoms with Crippen molar-refractivity contribution in [2.75, 3.05) is 25.2 Å². The maximum atomic E-state index is 5.58. The summed E-state index contributed by atoms with van der Waals surface area (Å²) in [4.78, 5) is 0. The van der Waals surface area contributed by atoms with Crippen LogP contribution in [-0.2, 0) is 9.47 Å². The normalized spacial score (nSPS) is 22.5. The molecule has 0 N–H and O–H groups in total. The Kier molecular flexibility index (Phi) is 7.74. The van der Waals surface area contributed by atoms with Crippen LogP contribution in [0.2, 0.25) is 0 Å². The summed E-state index contributed by atoms with van der Waals surface area (Å²) in [6.45, 7) is 2.62. The highest BCUT2D eigenvalue weighted by Gasteiger charge is 2.13. The van der Waals surface area contributed by atoms with E-state index in [0.29, 0.717) is 6.10 Å². The van der Waals surface area contributed by atoms with Crippen LogP contribution in [0.1, 0.15) is 38.5 Å². The van der Waals surface area contributed by atoms with E-state index in [1.807, 2.05) is 0 Å². The van der Waals surface area contributed by atoms with Crippen molar-refractivity contribution in [1.82, 2.24) is 0 Å². The topological polar surface area (TPSA) is 18.5 Å². The average molecular weight is 265 g/mol. The third kappa shape index (κ3) is 5.99. The van der Waals surface area contributed by atoms with Gasteiger partial charge in [-0.2, -0.15) is 0 Å². The lowest BCUT2D eigenvalue weighted by molar-refractivity contribution is -0.0410. The van der Waals surface area contributed by atoms with Gasteiger partial charge in [-0.3, -0.25) is 0 Å². The van der Waals surface area contributed by atoms with E-state index in [2.05, 4.69) is 15.9 Å². The molecule has 1 aliphatic rings. The summed E-state index contributed by atoms with van der Waals surface area (Å²) >= 11 is 3.42. The highest BCUT2D eigenvalue weighted by molar-refractivity contribution is 9.09. The van der Waals surface area contributed by atoms with Gasteiger partial charge in [-0.1, -0.05) is 22.4 Å². The first-order chi connectivity index (χ1) is 6.93. The highest BCUT2D eigenvalue weighted by Crippen LogP contribution is 2.12. The Labute approximate surface area is 95.5 Å². The fraction of sp³-hybridized carbons (Fsp3) is 1.00. The molecule has 0 amide bonds. The van der Waals surface area contributed by atoms with Crippen LogP contribution in [0.4, 0.5) is 0 Å². The molecule has 0 aromatic rings. The third-order valence-electron chi connectivity index (χ3n) is 2.50. The minimum atomic E-state index is 0.375. The minimum Gasteiger partial charge on any atom is -0.379 e. The summed E-state index contributed by atoms with van der Waals surface area (Å²) in [5.74, 6) is 0. The van der Waals surface area contributed by atoms with E-state index in [-0.39, 0.29) is 0 Å². The van der Waals surface area contributed by atoms with Crippen molar-refractivity contribution in [3.63, 3.8) is 0 Å². The van der Waals surface area contributed by atoms with Gasteiger partial charge in [0.2, 0.25) is 0 Å². The number of hydrogen-bond acceptors (Lipinski definition) is 2. The first kappa shape index (κ1) is 12.5. The molecule has 2 nitrogen and oxygen atoms in total. The highest BCUT2D eigenvalue weighted by atomic mass is 79.9. The largest absolute Gasteiger partial charge is 0.379 e. The van der Waals surface area contributed by atoms with Crippen LogP contribution in [0.25, 0.3) is 0 Å². The van der Waals surface area contributed by atoms with Gasteiger partial charge in [0.15, 0.2) is 0 Å². The molecule has 1 saturated heterocycles. The molecule has 1 unspecified atom stereocenters. The number of hydrogen-bond donors (Lipinski definition) is 0. The molecule has 1 fully saturated rings. The van der Waals surface area contributed by atoms with Gasteiger partial charge in [0.25, 0.3) is 0 Å². The smallest absolute Gasteiger partial charge is 0.0808 e. The number of ether oxygens (including phenoxy) is 2. The summed E-state index contributed by atoms with van der Waals surface area (Å²) in [5.41, 5.74) is 0. The van der Waals surface area contributed by atoms with Gasteiger partial charge < -0.3 is 9.47 Å². The van der Waals surface area contributed by atoms with Gasteiger partial charge in [0.05, 0.1) is 12.7 Å². The molecule has 0 aromatic carbocycles. The van der Waals surface area contributed by atoms with Crippen LogP contribution in [-0.4, -0.2) is 31.3 Å². The van der Waals surface area contributed by atoms with Gasteiger partial charge in [-0.15, -0.1) is 0 Å². The molecule has 1 heterocycles. The fourth-order valence-electron chi connectivity index (χ4n) is 1.63. The second kappa shape index (κ2) is 8.69. The van der Waals surface area contributed by atoms with Crippen LogP contribution in [0, 0.1) is 0 Å². The van der Waals surface area contributed by atoms with E-state index in [0.717, 1.165) is 25.2 Å². The zero-order valence-corrected chi connectivity index (χ0v) is 10.4. The van der Waals surface area contributed by atoms with Crippen molar-refractivity contribution < 1.29 is 9.47 Å². The van der Waals surface area contributed by atoms with Crippen LogP contribution >= 0.6 is 15.9 Å². The van der Waals surface area contributed by atoms with Gasteiger partial charge >= 0.3 is 0 Å². The molecule has 1 atom stereocenters. The lowest BCUT2D eigenvalue weighted by Crippen LogP contribution is -2.24. The summed E-state index contributed by atoms with van der Waals surface area (Å²) in [6.07, 6.45) is 7.78. The maximum Gasteiger partial charge on any atom is 0.0808 e. The number of unbranched alkanes of at least 4 members (excludes halogenated alkanes) is 2. The quantitative estimate of drug-likeness (QED) is 0.520. The van der Waals surface area contributed by atoms with E-state index in [9.17, 15) is 0 Å². The van der Waals surface area contributed by atoms with Crippen LogP contribution in [0.3, 0.4) is 0 Å². The summed E-state index contributed by atoms with van der Waals surface area (Å²) in [7, 11) is 0. The first-order valence-electron chi connectivity index (χ1n) is 5.69. The Morgan fingerprint density at radius 2 is 2.14 bits per heavy atom. The summed E-state index contributed by atoms with van der Waals surface area (Å²) in [6, 6.07) is 0. The predicted molar refractivity (Wildman–Crippen MR) is 62.1 cm³/mol. The molecule has 14 heavy (non-hydrogen) atoms. The van der Waals surface area contributed by atoms with E-state index in [1.165, 1.54) is 38.5 Å². The van der Waals surface area contributed by atoms with Gasteiger partial charge in [-0.05, 0) is 32.1 Å². The second-order valence-corrected chi connectivity index (χ2v) is 4.61. The van der Waals surface area contributed by atoms with Crippen molar-refractivity contribution >= 4 is 15.9 Å². The van der Waals surface area contributed by atoms with Crippen LogP contribution < -0.4 is 0 Å². The first-order valence-corrected chi connectivity index (χ1v) is 6.81. The molecule has 0 radical (unpaired) electrons. The SMILES string of the molecule is BrCCCCCOCC1CCCCO1. The molecule has 3 heteroatoms. The van der Waals surface area contributed by atoms with Crippen molar-refractivity contribution in [3.05, 3.63) is 0 Å². The number of halogens is 1. The zero-order chi connectivity index (χ0) is 10.1. The van der Waals surface area contributed by atoms with Gasteiger partial charge in [0, 0.05) is 18.5 Å². The van der Waals surface area contributed by atoms with Crippen LogP contribution in [0.5, 0.6) is 0 Å². The monoisotopic (exact) mass is 264 g/mol. The van der Waals surface area contributed by atoms with Crippen molar-refractivity contribution in [3.8, 4) is 0 Å². The standard InChI is InChI=1S/C11H21BrO2/c12-7-3-1-4-8-13-10-11-6-2-5-9-14-11/h11H,1-10H2. The van der Waals surface area contributed by atoms with Gasteiger partial charge in [0.1, 0.15) is 0 Å². The summed E-state index contributed by atoms with van der Waals surface area (Å²) < 4.78 is 11.2. The molecule has 0 spiro atoms. The Balaban J connectivity index is 1.82. The molecule has 1 rings (SSSR count). The molecular formula is C11H21BrO2. The van der Waals surface area contributed by atoms with Crippen LogP contribution in [0.15, 0.2) is 0 Å². The van der Waals surface area contributed by atoms with E-state index in [4.69, 9.17) is 9.47 Å². The molecule has 84 valence electrons. The second-order valence-electron chi connectivity index (χ2n) is 3.81. The van der Waals surface area contributed by atoms with Gasteiger partial charge in [-0.25, -0.2) is 0 Å². The third-order valence-corrected chi connectivity index (χ3v) is 3.06. The molecule has 0 bridgehead atoms. The van der Waals surface area contributed by atoms with E-state index < -0.39 is 0 Å². The molecule has 0 aromatic heterocycles. The zero-order valence-electron chi connectivity index (χ0n) is 8.84. The molecule has 1 aliphatic heterocycles. The Bertz CT molecular complexity index is 124. The number of rotatable bonds is 7. The maximum absolute atomic E-state index is 5.58. The number of alkyl halides is 1. The van der Waals surface area contributed by atoms with Crippen molar-refractivity contribution in [1.29, 1.82) is 0 Å². The fourth-order valence-corrected chi connectivity index (χ4v) is 2.03. The van der Waals surface area contributed by atoms with E-state index in [1.54, 1.807) is 0 Å². The lowest BCUT2D eigenvalue weighted by atomic mass is 10.1. The Hall–Kier alpha value is 0.400. The minimum absolute atomic E-state index is 0.375. The van der Waals surface area contributed by atoms with Crippen molar-refractivity contribution in [2.45, 2.75) is 44.6 Å². The molecule has 0 saturated carbocycles. The van der Waals surface area contributed by atoms with Crippen molar-refractivity contribution in [2.24, 2.45) is 0 Å². The lowest BCUT2D eigenvalue weighted by Gasteiger charge is -2.22.